The van der Waals surface area contributed by atoms with Gasteiger partial charge in [0.1, 0.15) is 17.0 Å². The standard InChI is InChI=1S/C19H17F2N3O3/c1-12-3-8-16-22-9-15(18(26)24(16)10-12)17(25)23(2)11-13-4-6-14(7-5-13)27-19(20)21/h3-10,19H,11H2,1-2H3. The van der Waals surface area contributed by atoms with E-state index >= 15 is 0 Å². The molecule has 0 unspecified atom stereocenters. The zero-order chi connectivity index (χ0) is 19.6. The molecule has 3 aromatic rings. The average molecular weight is 373 g/mol. The van der Waals surface area contributed by atoms with Crippen LogP contribution in [0.3, 0.4) is 0 Å². The predicted molar refractivity (Wildman–Crippen MR) is 95.1 cm³/mol. The van der Waals surface area contributed by atoms with Gasteiger partial charge < -0.3 is 9.64 Å². The Morgan fingerprint density at radius 2 is 1.93 bits per heavy atom. The SMILES string of the molecule is Cc1ccc2ncc(C(=O)N(C)Cc3ccc(OC(F)F)cc3)c(=O)n2c1. The summed E-state index contributed by atoms with van der Waals surface area (Å²) in [5.41, 5.74) is 1.55. The monoisotopic (exact) mass is 373 g/mol. The molecule has 0 atom stereocenters. The van der Waals surface area contributed by atoms with Crippen LogP contribution in [0.25, 0.3) is 5.65 Å². The number of carbonyl (C=O) groups excluding carboxylic acids is 1. The zero-order valence-electron chi connectivity index (χ0n) is 14.7. The summed E-state index contributed by atoms with van der Waals surface area (Å²) in [6.45, 7) is -0.852. The van der Waals surface area contributed by atoms with Crippen LogP contribution >= 0.6 is 0 Å². The summed E-state index contributed by atoms with van der Waals surface area (Å²) in [7, 11) is 1.55. The first kappa shape index (κ1) is 18.5. The molecule has 0 aliphatic carbocycles. The molecular formula is C19H17F2N3O3. The second-order valence-electron chi connectivity index (χ2n) is 6.10. The summed E-state index contributed by atoms with van der Waals surface area (Å²) in [5.74, 6) is -0.439. The molecule has 1 aromatic carbocycles. The van der Waals surface area contributed by atoms with Crippen LogP contribution < -0.4 is 10.3 Å². The Kier molecular flexibility index (Phi) is 5.16. The number of rotatable bonds is 5. The van der Waals surface area contributed by atoms with E-state index in [0.717, 1.165) is 5.56 Å². The number of benzene rings is 1. The Balaban J connectivity index is 1.80. The van der Waals surface area contributed by atoms with Gasteiger partial charge in [-0.1, -0.05) is 18.2 Å². The van der Waals surface area contributed by atoms with Gasteiger partial charge in [-0.25, -0.2) is 4.98 Å². The molecule has 8 heteroatoms. The molecule has 0 bridgehead atoms. The number of nitrogens with zero attached hydrogens (tertiary/aromatic N) is 3. The van der Waals surface area contributed by atoms with Crippen LogP contribution in [0.5, 0.6) is 5.75 Å². The number of hydrogen-bond acceptors (Lipinski definition) is 4. The molecule has 0 saturated heterocycles. The Morgan fingerprint density at radius 3 is 2.59 bits per heavy atom. The minimum absolute atomic E-state index is 0.0371. The van der Waals surface area contributed by atoms with Crippen LogP contribution in [0.15, 0.2) is 53.6 Å². The van der Waals surface area contributed by atoms with Gasteiger partial charge in [-0.15, -0.1) is 0 Å². The second-order valence-corrected chi connectivity index (χ2v) is 6.10. The maximum Gasteiger partial charge on any atom is 0.387 e. The highest BCUT2D eigenvalue weighted by Crippen LogP contribution is 2.16. The molecule has 27 heavy (non-hydrogen) atoms. The van der Waals surface area contributed by atoms with Crippen molar-refractivity contribution >= 4 is 11.6 Å². The van der Waals surface area contributed by atoms with E-state index in [1.165, 1.54) is 27.6 Å². The van der Waals surface area contributed by atoms with Gasteiger partial charge >= 0.3 is 6.61 Å². The molecular weight excluding hydrogens is 356 g/mol. The minimum Gasteiger partial charge on any atom is -0.435 e. The highest BCUT2D eigenvalue weighted by molar-refractivity contribution is 5.93. The zero-order valence-corrected chi connectivity index (χ0v) is 14.7. The van der Waals surface area contributed by atoms with E-state index in [1.807, 2.05) is 13.0 Å². The molecule has 0 fully saturated rings. The van der Waals surface area contributed by atoms with Crippen LogP contribution in [-0.4, -0.2) is 33.9 Å². The fourth-order valence-electron chi connectivity index (χ4n) is 2.66. The summed E-state index contributed by atoms with van der Waals surface area (Å²) in [5, 5.41) is 0. The van der Waals surface area contributed by atoms with Crippen molar-refractivity contribution in [3.8, 4) is 5.75 Å². The number of hydrogen-bond donors (Lipinski definition) is 0. The summed E-state index contributed by atoms with van der Waals surface area (Å²) in [6.07, 6.45) is 2.90. The number of ether oxygens (including phenoxy) is 1. The fourth-order valence-corrected chi connectivity index (χ4v) is 2.66. The molecule has 1 amide bonds. The van der Waals surface area contributed by atoms with Crippen molar-refractivity contribution in [2.75, 3.05) is 7.05 Å². The first-order valence-electron chi connectivity index (χ1n) is 8.12. The topological polar surface area (TPSA) is 63.9 Å². The van der Waals surface area contributed by atoms with Gasteiger partial charge in [-0.2, -0.15) is 8.78 Å². The second kappa shape index (κ2) is 7.53. The molecule has 2 aromatic heterocycles. The Labute approximate surface area is 153 Å². The van der Waals surface area contributed by atoms with Gasteiger partial charge in [0.25, 0.3) is 11.5 Å². The van der Waals surface area contributed by atoms with Gasteiger partial charge in [0, 0.05) is 26.0 Å². The van der Waals surface area contributed by atoms with E-state index in [9.17, 15) is 18.4 Å². The number of carbonyl (C=O) groups is 1. The van der Waals surface area contributed by atoms with Crippen LogP contribution in [0, 0.1) is 6.92 Å². The van der Waals surface area contributed by atoms with Gasteiger partial charge in [0.2, 0.25) is 0 Å². The molecule has 0 radical (unpaired) electrons. The largest absolute Gasteiger partial charge is 0.435 e. The molecule has 0 spiro atoms. The van der Waals surface area contributed by atoms with Crippen molar-refractivity contribution in [1.82, 2.24) is 14.3 Å². The number of alkyl halides is 2. The van der Waals surface area contributed by atoms with Crippen molar-refractivity contribution in [2.45, 2.75) is 20.1 Å². The number of aromatic nitrogens is 2. The number of fused-ring (bicyclic) bond motifs is 1. The van der Waals surface area contributed by atoms with E-state index in [2.05, 4.69) is 9.72 Å². The highest BCUT2D eigenvalue weighted by Gasteiger charge is 2.18. The van der Waals surface area contributed by atoms with Crippen molar-refractivity contribution in [1.29, 1.82) is 0 Å². The van der Waals surface area contributed by atoms with Crippen LogP contribution in [0.2, 0.25) is 0 Å². The lowest BCUT2D eigenvalue weighted by Gasteiger charge is -2.17. The highest BCUT2D eigenvalue weighted by atomic mass is 19.3. The molecule has 2 heterocycles. The molecule has 140 valence electrons. The number of halogens is 2. The van der Waals surface area contributed by atoms with Crippen molar-refractivity contribution in [3.05, 3.63) is 75.8 Å². The molecule has 0 saturated carbocycles. The maximum absolute atomic E-state index is 12.7. The molecule has 6 nitrogen and oxygen atoms in total. The quantitative estimate of drug-likeness (QED) is 0.690. The van der Waals surface area contributed by atoms with E-state index in [1.54, 1.807) is 31.4 Å². The van der Waals surface area contributed by atoms with Crippen molar-refractivity contribution in [3.63, 3.8) is 0 Å². The van der Waals surface area contributed by atoms with E-state index in [-0.39, 0.29) is 17.9 Å². The van der Waals surface area contributed by atoms with Crippen molar-refractivity contribution < 1.29 is 18.3 Å². The van der Waals surface area contributed by atoms with E-state index < -0.39 is 18.1 Å². The van der Waals surface area contributed by atoms with Gasteiger partial charge in [0.05, 0.1) is 0 Å². The Hall–Kier alpha value is -3.29. The third-order valence-corrected chi connectivity index (χ3v) is 4.00. The minimum atomic E-state index is -2.89. The lowest BCUT2D eigenvalue weighted by Crippen LogP contribution is -2.33. The van der Waals surface area contributed by atoms with E-state index in [4.69, 9.17) is 0 Å². The fraction of sp³-hybridized carbons (Fsp3) is 0.211. The van der Waals surface area contributed by atoms with Gasteiger partial charge in [-0.05, 0) is 36.2 Å². The summed E-state index contributed by atoms with van der Waals surface area (Å²) in [6, 6.07) is 9.49. The first-order chi connectivity index (χ1) is 12.8. The smallest absolute Gasteiger partial charge is 0.387 e. The summed E-state index contributed by atoms with van der Waals surface area (Å²) < 4.78 is 30.0. The summed E-state index contributed by atoms with van der Waals surface area (Å²) in [4.78, 5) is 30.8. The van der Waals surface area contributed by atoms with Crippen LogP contribution in [0.1, 0.15) is 21.5 Å². The Morgan fingerprint density at radius 1 is 1.22 bits per heavy atom. The van der Waals surface area contributed by atoms with E-state index in [0.29, 0.717) is 11.2 Å². The normalized spacial score (nSPS) is 11.0. The average Bonchev–Trinajstić information content (AvgIpc) is 2.63. The van der Waals surface area contributed by atoms with Crippen molar-refractivity contribution in [2.24, 2.45) is 0 Å². The Bertz CT molecular complexity index is 1030. The molecule has 0 N–H and O–H groups in total. The van der Waals surface area contributed by atoms with Crippen LogP contribution in [0.4, 0.5) is 8.78 Å². The lowest BCUT2D eigenvalue weighted by molar-refractivity contribution is -0.0498. The number of amides is 1. The maximum atomic E-state index is 12.7. The summed E-state index contributed by atoms with van der Waals surface area (Å²) >= 11 is 0. The molecule has 0 aliphatic rings. The van der Waals surface area contributed by atoms with Gasteiger partial charge in [-0.3, -0.25) is 14.0 Å². The number of aryl methyl sites for hydroxylation is 1. The third-order valence-electron chi connectivity index (χ3n) is 4.00. The van der Waals surface area contributed by atoms with Crippen LogP contribution in [-0.2, 0) is 6.54 Å². The first-order valence-corrected chi connectivity index (χ1v) is 8.12. The predicted octanol–water partition coefficient (Wildman–Crippen LogP) is 2.88. The lowest BCUT2D eigenvalue weighted by atomic mass is 10.2. The number of pyridine rings is 1. The third kappa shape index (κ3) is 4.11. The molecule has 0 aliphatic heterocycles. The molecule has 3 rings (SSSR count). The van der Waals surface area contributed by atoms with Gasteiger partial charge in [0.15, 0.2) is 0 Å².